The van der Waals surface area contributed by atoms with Crippen molar-refractivity contribution < 1.29 is 0 Å². The summed E-state index contributed by atoms with van der Waals surface area (Å²) in [6.45, 7) is 4.37. The van der Waals surface area contributed by atoms with Crippen LogP contribution in [0.3, 0.4) is 0 Å². The maximum Gasteiger partial charge on any atom is 0.212 e. The van der Waals surface area contributed by atoms with Gasteiger partial charge in [-0.1, -0.05) is 6.92 Å². The number of anilines is 1. The summed E-state index contributed by atoms with van der Waals surface area (Å²) in [5.41, 5.74) is 7.69. The summed E-state index contributed by atoms with van der Waals surface area (Å²) in [7, 11) is 0. The maximum atomic E-state index is 6.45. The Bertz CT molecular complexity index is 690. The monoisotopic (exact) mass is 412 g/mol. The second-order valence-corrected chi connectivity index (χ2v) is 8.09. The normalized spacial score (nSPS) is 27.9. The second kappa shape index (κ2) is 5.30. The van der Waals surface area contributed by atoms with Crippen LogP contribution in [-0.4, -0.2) is 38.7 Å². The van der Waals surface area contributed by atoms with Crippen LogP contribution in [0.1, 0.15) is 32.6 Å². The molecule has 2 N–H and O–H groups in total. The highest BCUT2D eigenvalue weighted by molar-refractivity contribution is 14.1. The summed E-state index contributed by atoms with van der Waals surface area (Å²) in [6, 6.07) is 0.365. The molecule has 0 unspecified atom stereocenters. The van der Waals surface area contributed by atoms with Crippen LogP contribution < -0.4 is 10.6 Å². The number of piperidine rings is 1. The molecule has 1 saturated carbocycles. The van der Waals surface area contributed by atoms with Crippen molar-refractivity contribution in [2.45, 2.75) is 38.6 Å². The van der Waals surface area contributed by atoms with Gasteiger partial charge in [0.25, 0.3) is 0 Å². The third-order valence-corrected chi connectivity index (χ3v) is 6.27. The molecule has 3 heterocycles. The predicted octanol–water partition coefficient (Wildman–Crippen LogP) is 2.07. The maximum absolute atomic E-state index is 6.45. The molecule has 22 heavy (non-hydrogen) atoms. The van der Waals surface area contributed by atoms with Gasteiger partial charge in [-0.25, -0.2) is 4.98 Å². The average Bonchev–Trinajstić information content (AvgIpc) is 3.08. The summed E-state index contributed by atoms with van der Waals surface area (Å²) < 4.78 is 3.02. The third-order valence-electron chi connectivity index (χ3n) is 5.51. The summed E-state index contributed by atoms with van der Waals surface area (Å²) in [4.78, 5) is 6.98. The van der Waals surface area contributed by atoms with Gasteiger partial charge in [0.15, 0.2) is 5.65 Å². The number of halogens is 1. The molecular weight excluding hydrogens is 391 g/mol. The molecule has 0 amide bonds. The molecule has 7 heteroatoms. The van der Waals surface area contributed by atoms with Gasteiger partial charge in [0.1, 0.15) is 6.33 Å². The lowest BCUT2D eigenvalue weighted by Gasteiger charge is -2.42. The van der Waals surface area contributed by atoms with Gasteiger partial charge in [-0.2, -0.15) is 0 Å². The van der Waals surface area contributed by atoms with E-state index in [2.05, 4.69) is 49.6 Å². The molecule has 4 rings (SSSR count). The first-order chi connectivity index (χ1) is 10.6. The van der Waals surface area contributed by atoms with E-state index in [1.165, 1.54) is 12.8 Å². The van der Waals surface area contributed by atoms with Gasteiger partial charge >= 0.3 is 0 Å². The van der Waals surface area contributed by atoms with Crippen LogP contribution in [0.4, 0.5) is 5.95 Å². The minimum absolute atomic E-state index is 0.353. The number of aromatic nitrogens is 4. The van der Waals surface area contributed by atoms with Crippen molar-refractivity contribution >= 4 is 34.2 Å². The fourth-order valence-corrected chi connectivity index (χ4v) is 4.86. The number of hydrogen-bond donors (Lipinski definition) is 1. The lowest BCUT2D eigenvalue weighted by molar-refractivity contribution is 0.192. The summed E-state index contributed by atoms with van der Waals surface area (Å²) >= 11 is 2.25. The topological polar surface area (TPSA) is 72.3 Å². The molecule has 1 aliphatic heterocycles. The van der Waals surface area contributed by atoms with E-state index in [4.69, 9.17) is 5.73 Å². The number of hydrogen-bond acceptors (Lipinski definition) is 5. The smallest absolute Gasteiger partial charge is 0.212 e. The first kappa shape index (κ1) is 14.6. The quantitative estimate of drug-likeness (QED) is 0.727. The standard InChI is InChI=1S/C15H21IN6/c1-10-6-12(17)15(7-10)2-4-21(5-3-15)14-18-8-11(16)13-20-19-9-22(13)14/h8-10,12H,2-7,17H2,1H3/t10-,12+/m0/s1. The highest BCUT2D eigenvalue weighted by Gasteiger charge is 2.45. The Morgan fingerprint density at radius 3 is 2.82 bits per heavy atom. The molecule has 6 nitrogen and oxygen atoms in total. The van der Waals surface area contributed by atoms with Crippen molar-refractivity contribution in [3.63, 3.8) is 0 Å². The molecule has 2 aromatic heterocycles. The molecule has 2 atom stereocenters. The minimum atomic E-state index is 0.353. The van der Waals surface area contributed by atoms with Crippen molar-refractivity contribution in [2.24, 2.45) is 17.1 Å². The van der Waals surface area contributed by atoms with E-state index in [1.807, 2.05) is 10.6 Å². The fourth-order valence-electron chi connectivity index (χ4n) is 4.35. The minimum Gasteiger partial charge on any atom is -0.342 e. The highest BCUT2D eigenvalue weighted by atomic mass is 127. The second-order valence-electron chi connectivity index (χ2n) is 6.93. The van der Waals surface area contributed by atoms with Gasteiger partial charge < -0.3 is 10.6 Å². The zero-order chi connectivity index (χ0) is 15.3. The van der Waals surface area contributed by atoms with Crippen LogP contribution in [0.25, 0.3) is 5.65 Å². The summed E-state index contributed by atoms with van der Waals surface area (Å²) in [5.74, 6) is 1.72. The molecule has 1 spiro atoms. The fraction of sp³-hybridized carbons (Fsp3) is 0.667. The van der Waals surface area contributed by atoms with Gasteiger partial charge in [0.05, 0.1) is 3.57 Å². The van der Waals surface area contributed by atoms with E-state index >= 15 is 0 Å². The Kier molecular flexibility index (Phi) is 3.52. The number of fused-ring (bicyclic) bond motifs is 1. The summed E-state index contributed by atoms with van der Waals surface area (Å²) in [6.07, 6.45) is 8.43. The third kappa shape index (κ3) is 2.20. The lowest BCUT2D eigenvalue weighted by Crippen LogP contribution is -2.47. The van der Waals surface area contributed by atoms with Crippen molar-refractivity contribution in [1.29, 1.82) is 0 Å². The zero-order valence-corrected chi connectivity index (χ0v) is 14.9. The molecule has 2 fully saturated rings. The van der Waals surface area contributed by atoms with Crippen molar-refractivity contribution in [1.82, 2.24) is 19.6 Å². The number of nitrogens with two attached hydrogens (primary N) is 1. The zero-order valence-electron chi connectivity index (χ0n) is 12.7. The molecule has 1 saturated heterocycles. The first-order valence-electron chi connectivity index (χ1n) is 7.94. The Hall–Kier alpha value is -0.960. The molecule has 0 aromatic carbocycles. The van der Waals surface area contributed by atoms with Gasteiger partial charge in [0.2, 0.25) is 5.95 Å². The van der Waals surface area contributed by atoms with E-state index in [-0.39, 0.29) is 0 Å². The summed E-state index contributed by atoms with van der Waals surface area (Å²) in [5, 5.41) is 8.22. The van der Waals surface area contributed by atoms with Gasteiger partial charge in [-0.05, 0) is 59.6 Å². The van der Waals surface area contributed by atoms with Crippen molar-refractivity contribution in [3.05, 3.63) is 16.1 Å². The lowest BCUT2D eigenvalue weighted by atomic mass is 9.74. The Labute approximate surface area is 143 Å². The van der Waals surface area contributed by atoms with Crippen molar-refractivity contribution in [3.8, 4) is 0 Å². The van der Waals surface area contributed by atoms with E-state index in [9.17, 15) is 0 Å². The van der Waals surface area contributed by atoms with Gasteiger partial charge in [-0.15, -0.1) is 10.2 Å². The molecule has 0 bridgehead atoms. The highest BCUT2D eigenvalue weighted by Crippen LogP contribution is 2.48. The molecule has 2 aromatic rings. The van der Waals surface area contributed by atoms with Crippen LogP contribution in [0.2, 0.25) is 0 Å². The van der Waals surface area contributed by atoms with E-state index in [0.29, 0.717) is 11.5 Å². The Balaban J connectivity index is 1.59. The molecule has 2 aliphatic rings. The van der Waals surface area contributed by atoms with Crippen molar-refractivity contribution in [2.75, 3.05) is 18.0 Å². The van der Waals surface area contributed by atoms with Crippen LogP contribution >= 0.6 is 22.6 Å². The van der Waals surface area contributed by atoms with Crippen LogP contribution in [0.15, 0.2) is 12.5 Å². The Morgan fingerprint density at radius 2 is 2.14 bits per heavy atom. The van der Waals surface area contributed by atoms with Crippen LogP contribution in [-0.2, 0) is 0 Å². The number of rotatable bonds is 1. The average molecular weight is 412 g/mol. The molecule has 0 radical (unpaired) electrons. The van der Waals surface area contributed by atoms with Crippen LogP contribution in [0, 0.1) is 14.9 Å². The van der Waals surface area contributed by atoms with Gasteiger partial charge in [-0.3, -0.25) is 4.40 Å². The molecule has 118 valence electrons. The SMILES string of the molecule is C[C@H]1C[C@@H](N)C2(CCN(c3ncc(I)c4nncn34)CC2)C1. The Morgan fingerprint density at radius 1 is 1.36 bits per heavy atom. The number of nitrogens with zero attached hydrogens (tertiary/aromatic N) is 5. The van der Waals surface area contributed by atoms with E-state index in [1.54, 1.807) is 6.33 Å². The van der Waals surface area contributed by atoms with E-state index < -0.39 is 0 Å². The predicted molar refractivity (Wildman–Crippen MR) is 93.8 cm³/mol. The molecular formula is C15H21IN6. The van der Waals surface area contributed by atoms with E-state index in [0.717, 1.165) is 47.0 Å². The van der Waals surface area contributed by atoms with Gasteiger partial charge in [0, 0.05) is 25.3 Å². The van der Waals surface area contributed by atoms with Crippen LogP contribution in [0.5, 0.6) is 0 Å². The molecule has 1 aliphatic carbocycles. The first-order valence-corrected chi connectivity index (χ1v) is 9.02. The largest absolute Gasteiger partial charge is 0.342 e.